The van der Waals surface area contributed by atoms with E-state index in [9.17, 15) is 15.2 Å². The molecule has 1 heterocycles. The molecule has 0 aliphatic heterocycles. The van der Waals surface area contributed by atoms with Gasteiger partial charge in [0.1, 0.15) is 6.33 Å². The number of nitro groups is 1. The summed E-state index contributed by atoms with van der Waals surface area (Å²) in [5.41, 5.74) is -0.124. The number of aromatic nitrogens is 2. The molecule has 110 valence electrons. The van der Waals surface area contributed by atoms with Crippen LogP contribution in [0.2, 0.25) is 0 Å². The predicted octanol–water partition coefficient (Wildman–Crippen LogP) is 1.39. The molecule has 0 saturated heterocycles. The van der Waals surface area contributed by atoms with Crippen molar-refractivity contribution in [3.63, 3.8) is 0 Å². The van der Waals surface area contributed by atoms with E-state index in [2.05, 4.69) is 20.6 Å². The van der Waals surface area contributed by atoms with Crippen LogP contribution in [0.5, 0.6) is 0 Å². The van der Waals surface area contributed by atoms with Gasteiger partial charge in [0.2, 0.25) is 11.6 Å². The Labute approximate surface area is 116 Å². The molecule has 1 aromatic rings. The van der Waals surface area contributed by atoms with Crippen molar-refractivity contribution in [2.24, 2.45) is 5.92 Å². The fraction of sp³-hybridized carbons (Fsp3) is 0.667. The number of nitrogens with one attached hydrogen (secondary N) is 2. The van der Waals surface area contributed by atoms with E-state index in [0.717, 1.165) is 19.3 Å². The van der Waals surface area contributed by atoms with E-state index >= 15 is 0 Å². The number of anilines is 2. The Hall–Kier alpha value is -1.96. The first-order chi connectivity index (χ1) is 9.61. The summed E-state index contributed by atoms with van der Waals surface area (Å²) in [5, 5.41) is 26.3. The van der Waals surface area contributed by atoms with Gasteiger partial charge >= 0.3 is 5.69 Å². The van der Waals surface area contributed by atoms with Gasteiger partial charge in [-0.1, -0.05) is 6.92 Å². The van der Waals surface area contributed by atoms with Crippen LogP contribution in [0.25, 0.3) is 0 Å². The zero-order chi connectivity index (χ0) is 14.5. The van der Waals surface area contributed by atoms with Gasteiger partial charge in [0.25, 0.3) is 0 Å². The lowest BCUT2D eigenvalue weighted by Gasteiger charge is -2.31. The highest BCUT2D eigenvalue weighted by molar-refractivity contribution is 5.69. The largest absolute Gasteiger partial charge is 0.393 e. The minimum absolute atomic E-state index is 0.124. The molecule has 1 fully saturated rings. The first-order valence-electron chi connectivity index (χ1n) is 6.77. The van der Waals surface area contributed by atoms with Gasteiger partial charge in [-0.3, -0.25) is 10.1 Å². The fourth-order valence-corrected chi connectivity index (χ4v) is 2.16. The van der Waals surface area contributed by atoms with Gasteiger partial charge in [-0.05, 0) is 25.2 Å². The molecule has 3 N–H and O–H groups in total. The molecular formula is C12H19N5O3. The summed E-state index contributed by atoms with van der Waals surface area (Å²) in [4.78, 5) is 18.6. The molecule has 20 heavy (non-hydrogen) atoms. The summed E-state index contributed by atoms with van der Waals surface area (Å²) < 4.78 is 0. The highest BCUT2D eigenvalue weighted by Crippen LogP contribution is 2.31. The Morgan fingerprint density at radius 1 is 1.40 bits per heavy atom. The zero-order valence-corrected chi connectivity index (χ0v) is 11.4. The first-order valence-corrected chi connectivity index (χ1v) is 6.77. The minimum Gasteiger partial charge on any atom is -0.393 e. The number of hydrogen-bond donors (Lipinski definition) is 3. The molecule has 0 bridgehead atoms. The minimum atomic E-state index is -0.476. The van der Waals surface area contributed by atoms with E-state index in [1.165, 1.54) is 6.33 Å². The van der Waals surface area contributed by atoms with Crippen LogP contribution in [0.1, 0.15) is 26.2 Å². The molecule has 0 spiro atoms. The summed E-state index contributed by atoms with van der Waals surface area (Å²) in [6.45, 7) is 3.16. The molecule has 1 aliphatic carbocycles. The molecule has 1 aliphatic rings. The molecule has 0 radical (unpaired) electrons. The Kier molecular flexibility index (Phi) is 4.67. The maximum Gasteiger partial charge on any atom is 0.353 e. The Morgan fingerprint density at radius 2 is 2.05 bits per heavy atom. The third-order valence-electron chi connectivity index (χ3n) is 3.32. The summed E-state index contributed by atoms with van der Waals surface area (Å²) in [6, 6.07) is 0. The maximum atomic E-state index is 11.2. The van der Waals surface area contributed by atoms with Gasteiger partial charge in [0, 0.05) is 13.1 Å². The van der Waals surface area contributed by atoms with Crippen LogP contribution < -0.4 is 10.6 Å². The van der Waals surface area contributed by atoms with Crippen molar-refractivity contribution in [2.45, 2.75) is 32.3 Å². The lowest BCUT2D eigenvalue weighted by molar-refractivity contribution is -0.383. The van der Waals surface area contributed by atoms with E-state index in [0.29, 0.717) is 19.0 Å². The molecule has 1 aromatic heterocycles. The van der Waals surface area contributed by atoms with Crippen molar-refractivity contribution in [3.05, 3.63) is 16.4 Å². The van der Waals surface area contributed by atoms with Crippen molar-refractivity contribution < 1.29 is 10.0 Å². The standard InChI is InChI=1S/C12H19N5O3/c1-2-3-13-11-10(17(19)20)12(16-7-15-11)14-6-8-4-9(18)5-8/h7-9,18H,2-6H2,1H3,(H2,13,14,15,16). The van der Waals surface area contributed by atoms with Gasteiger partial charge < -0.3 is 15.7 Å². The van der Waals surface area contributed by atoms with Crippen molar-refractivity contribution in [2.75, 3.05) is 23.7 Å². The van der Waals surface area contributed by atoms with Crippen LogP contribution in [0.3, 0.4) is 0 Å². The number of aliphatic hydroxyl groups is 1. The number of aliphatic hydroxyl groups excluding tert-OH is 1. The lowest BCUT2D eigenvalue weighted by atomic mass is 9.82. The van der Waals surface area contributed by atoms with E-state index in [4.69, 9.17) is 0 Å². The topological polar surface area (TPSA) is 113 Å². The second kappa shape index (κ2) is 6.47. The first kappa shape index (κ1) is 14.4. The maximum absolute atomic E-state index is 11.2. The fourth-order valence-electron chi connectivity index (χ4n) is 2.16. The second-order valence-corrected chi connectivity index (χ2v) is 4.98. The molecule has 1 saturated carbocycles. The van der Waals surface area contributed by atoms with Gasteiger partial charge in [-0.25, -0.2) is 9.97 Å². The molecule has 8 nitrogen and oxygen atoms in total. The van der Waals surface area contributed by atoms with E-state index in [1.54, 1.807) is 0 Å². The Balaban J connectivity index is 2.08. The summed E-state index contributed by atoms with van der Waals surface area (Å²) in [7, 11) is 0. The second-order valence-electron chi connectivity index (χ2n) is 4.98. The van der Waals surface area contributed by atoms with Crippen molar-refractivity contribution in [3.8, 4) is 0 Å². The van der Waals surface area contributed by atoms with E-state index in [-0.39, 0.29) is 23.4 Å². The highest BCUT2D eigenvalue weighted by Gasteiger charge is 2.28. The zero-order valence-electron chi connectivity index (χ0n) is 11.4. The summed E-state index contributed by atoms with van der Waals surface area (Å²) in [5.74, 6) is 0.805. The van der Waals surface area contributed by atoms with Crippen LogP contribution in [0.15, 0.2) is 6.33 Å². The van der Waals surface area contributed by atoms with Crippen molar-refractivity contribution >= 4 is 17.3 Å². The molecule has 0 unspecified atom stereocenters. The normalized spacial score (nSPS) is 21.1. The van der Waals surface area contributed by atoms with E-state index < -0.39 is 4.92 Å². The van der Waals surface area contributed by atoms with Crippen molar-refractivity contribution in [1.29, 1.82) is 0 Å². The monoisotopic (exact) mass is 281 g/mol. The number of nitrogens with zero attached hydrogens (tertiary/aromatic N) is 3. The quantitative estimate of drug-likeness (QED) is 0.511. The smallest absolute Gasteiger partial charge is 0.353 e. The van der Waals surface area contributed by atoms with Gasteiger partial charge in [-0.15, -0.1) is 0 Å². The summed E-state index contributed by atoms with van der Waals surface area (Å²) >= 11 is 0. The van der Waals surface area contributed by atoms with E-state index in [1.807, 2.05) is 6.92 Å². The highest BCUT2D eigenvalue weighted by atomic mass is 16.6. The SMILES string of the molecule is CCCNc1ncnc(NCC2CC(O)C2)c1[N+](=O)[O-]. The van der Waals surface area contributed by atoms with Crippen LogP contribution in [-0.4, -0.2) is 39.2 Å². The van der Waals surface area contributed by atoms with Crippen molar-refractivity contribution in [1.82, 2.24) is 9.97 Å². The van der Waals surface area contributed by atoms with Gasteiger partial charge in [0.05, 0.1) is 11.0 Å². The average Bonchev–Trinajstić information content (AvgIpc) is 2.39. The summed E-state index contributed by atoms with van der Waals surface area (Å²) in [6.07, 6.45) is 3.39. The molecule has 0 atom stereocenters. The van der Waals surface area contributed by atoms with Crippen LogP contribution in [-0.2, 0) is 0 Å². The third kappa shape index (κ3) is 3.32. The Bertz CT molecular complexity index is 476. The average molecular weight is 281 g/mol. The van der Waals surface area contributed by atoms with Gasteiger partial charge in [0.15, 0.2) is 0 Å². The number of rotatable bonds is 7. The van der Waals surface area contributed by atoms with Crippen LogP contribution in [0, 0.1) is 16.0 Å². The van der Waals surface area contributed by atoms with Gasteiger partial charge in [-0.2, -0.15) is 0 Å². The van der Waals surface area contributed by atoms with Crippen LogP contribution in [0.4, 0.5) is 17.3 Å². The number of hydrogen-bond acceptors (Lipinski definition) is 7. The molecule has 0 aromatic carbocycles. The Morgan fingerprint density at radius 3 is 2.60 bits per heavy atom. The van der Waals surface area contributed by atoms with Crippen LogP contribution >= 0.6 is 0 Å². The lowest BCUT2D eigenvalue weighted by Crippen LogP contribution is -2.33. The predicted molar refractivity (Wildman–Crippen MR) is 74.7 cm³/mol. The third-order valence-corrected chi connectivity index (χ3v) is 3.32. The molecule has 8 heteroatoms. The molecule has 2 rings (SSSR count). The molecule has 0 amide bonds. The molecular weight excluding hydrogens is 262 g/mol.